The molecule has 0 amide bonds. The van der Waals surface area contributed by atoms with E-state index in [9.17, 15) is 0 Å². The van der Waals surface area contributed by atoms with Gasteiger partial charge < -0.3 is 9.30 Å². The molecule has 0 spiro atoms. The summed E-state index contributed by atoms with van der Waals surface area (Å²) in [5, 5.41) is 0.995. The van der Waals surface area contributed by atoms with Crippen LogP contribution in [0.2, 0.25) is 10.0 Å². The van der Waals surface area contributed by atoms with Gasteiger partial charge in [-0.3, -0.25) is 0 Å². The van der Waals surface area contributed by atoms with Crippen LogP contribution in [0, 0.1) is 6.07 Å². The van der Waals surface area contributed by atoms with E-state index in [0.717, 1.165) is 0 Å². The van der Waals surface area contributed by atoms with Gasteiger partial charge in [-0.1, -0.05) is 23.2 Å². The second-order valence-electron chi connectivity index (χ2n) is 3.07. The summed E-state index contributed by atoms with van der Waals surface area (Å²) in [6, 6.07) is 9.82. The first-order valence-electron chi connectivity index (χ1n) is 4.32. The van der Waals surface area contributed by atoms with Crippen LogP contribution < -0.4 is 4.74 Å². The van der Waals surface area contributed by atoms with Crippen LogP contribution in [-0.2, 0) is 7.05 Å². The number of ether oxygens (including phenoxy) is 1. The molecule has 2 aromatic rings. The molecule has 2 rings (SSSR count). The molecule has 1 radical (unpaired) electrons. The van der Waals surface area contributed by atoms with Gasteiger partial charge in [0.05, 0.1) is 10.0 Å². The lowest BCUT2D eigenvalue weighted by Gasteiger charge is -2.06. The van der Waals surface area contributed by atoms with Crippen molar-refractivity contribution in [3.8, 4) is 11.6 Å². The molecule has 0 aliphatic heterocycles. The maximum Gasteiger partial charge on any atom is 0.200 e. The third kappa shape index (κ3) is 2.28. The molecule has 0 saturated heterocycles. The van der Waals surface area contributed by atoms with Crippen LogP contribution >= 0.6 is 23.2 Å². The molecule has 1 aromatic carbocycles. The van der Waals surface area contributed by atoms with E-state index in [4.69, 9.17) is 27.9 Å². The summed E-state index contributed by atoms with van der Waals surface area (Å²) in [5.41, 5.74) is 0. The van der Waals surface area contributed by atoms with Crippen LogP contribution in [0.15, 0.2) is 30.5 Å². The quantitative estimate of drug-likeness (QED) is 0.777. The summed E-state index contributed by atoms with van der Waals surface area (Å²) in [4.78, 5) is 0. The van der Waals surface area contributed by atoms with Crippen molar-refractivity contribution < 1.29 is 4.74 Å². The van der Waals surface area contributed by atoms with Gasteiger partial charge in [0, 0.05) is 31.4 Å². The van der Waals surface area contributed by atoms with Crippen molar-refractivity contribution >= 4 is 23.2 Å². The summed E-state index contributed by atoms with van der Waals surface area (Å²) in [7, 11) is 1.88. The van der Waals surface area contributed by atoms with Gasteiger partial charge in [-0.05, 0) is 12.1 Å². The lowest BCUT2D eigenvalue weighted by Crippen LogP contribution is -1.91. The number of nitrogens with zero attached hydrogens (tertiary/aromatic N) is 1. The van der Waals surface area contributed by atoms with E-state index in [1.807, 2.05) is 11.6 Å². The predicted molar refractivity (Wildman–Crippen MR) is 60.8 cm³/mol. The largest absolute Gasteiger partial charge is 0.441 e. The van der Waals surface area contributed by atoms with Crippen molar-refractivity contribution in [3.63, 3.8) is 0 Å². The number of aromatic nitrogens is 1. The minimum atomic E-state index is 0.479. The Labute approximate surface area is 98.0 Å². The first kappa shape index (κ1) is 10.4. The van der Waals surface area contributed by atoms with Crippen molar-refractivity contribution in [1.29, 1.82) is 0 Å². The zero-order valence-corrected chi connectivity index (χ0v) is 9.51. The summed E-state index contributed by atoms with van der Waals surface area (Å²) in [5.74, 6) is 1.35. The first-order valence-corrected chi connectivity index (χ1v) is 5.08. The van der Waals surface area contributed by atoms with Crippen molar-refractivity contribution in [2.45, 2.75) is 0 Å². The smallest absolute Gasteiger partial charge is 0.200 e. The van der Waals surface area contributed by atoms with Crippen molar-refractivity contribution in [2.75, 3.05) is 0 Å². The molecule has 1 heterocycles. The summed E-state index contributed by atoms with van der Waals surface area (Å²) in [6.07, 6.45) is 1.78. The van der Waals surface area contributed by atoms with Gasteiger partial charge in [0.2, 0.25) is 0 Å². The molecule has 0 aliphatic carbocycles. The zero-order chi connectivity index (χ0) is 10.8. The van der Waals surface area contributed by atoms with Crippen molar-refractivity contribution in [1.82, 2.24) is 4.57 Å². The highest BCUT2D eigenvalue weighted by atomic mass is 35.5. The third-order valence-corrected chi connectivity index (χ3v) is 2.68. The van der Waals surface area contributed by atoms with Gasteiger partial charge in [0.25, 0.3) is 0 Å². The number of halogens is 2. The first-order chi connectivity index (χ1) is 7.16. The Hall–Kier alpha value is -1.12. The molecule has 0 saturated carbocycles. The Bertz CT molecular complexity index is 479. The number of hydrogen-bond donors (Lipinski definition) is 0. The average Bonchev–Trinajstić information content (AvgIpc) is 2.59. The van der Waals surface area contributed by atoms with E-state index in [1.165, 1.54) is 0 Å². The lowest BCUT2D eigenvalue weighted by atomic mass is 10.3. The fraction of sp³-hybridized carbons (Fsp3) is 0.0909. The third-order valence-electron chi connectivity index (χ3n) is 1.94. The van der Waals surface area contributed by atoms with Crippen molar-refractivity contribution in [2.24, 2.45) is 7.05 Å². The van der Waals surface area contributed by atoms with E-state index in [1.54, 1.807) is 30.5 Å². The monoisotopic (exact) mass is 240 g/mol. The Morgan fingerprint density at radius 3 is 2.67 bits per heavy atom. The van der Waals surface area contributed by atoms with E-state index >= 15 is 0 Å². The molecular formula is C11H8Cl2NO. The lowest BCUT2D eigenvalue weighted by molar-refractivity contribution is 0.443. The summed E-state index contributed by atoms with van der Waals surface area (Å²) < 4.78 is 7.40. The van der Waals surface area contributed by atoms with Crippen LogP contribution in [0.4, 0.5) is 0 Å². The normalized spacial score (nSPS) is 10.3. The molecule has 0 fully saturated rings. The number of hydrogen-bond acceptors (Lipinski definition) is 1. The molecule has 2 nitrogen and oxygen atoms in total. The molecule has 15 heavy (non-hydrogen) atoms. The topological polar surface area (TPSA) is 14.2 Å². The Morgan fingerprint density at radius 1 is 1.27 bits per heavy atom. The highest BCUT2D eigenvalue weighted by molar-refractivity contribution is 6.42. The minimum absolute atomic E-state index is 0.479. The molecule has 4 heteroatoms. The number of aryl methyl sites for hydroxylation is 1. The number of rotatable bonds is 2. The fourth-order valence-corrected chi connectivity index (χ4v) is 1.44. The van der Waals surface area contributed by atoms with E-state index in [0.29, 0.717) is 21.7 Å². The summed E-state index contributed by atoms with van der Waals surface area (Å²) >= 11 is 11.7. The Balaban J connectivity index is 2.25. The molecular weight excluding hydrogens is 233 g/mol. The van der Waals surface area contributed by atoms with Crippen LogP contribution in [0.1, 0.15) is 0 Å². The zero-order valence-electron chi connectivity index (χ0n) is 8.00. The minimum Gasteiger partial charge on any atom is -0.441 e. The van der Waals surface area contributed by atoms with E-state index in [-0.39, 0.29) is 0 Å². The molecule has 1 aromatic heterocycles. The van der Waals surface area contributed by atoms with Crippen LogP contribution in [0.3, 0.4) is 0 Å². The molecule has 0 aliphatic rings. The second kappa shape index (κ2) is 4.17. The van der Waals surface area contributed by atoms with Gasteiger partial charge in [-0.2, -0.15) is 0 Å². The fourth-order valence-electron chi connectivity index (χ4n) is 1.15. The molecule has 0 unspecified atom stereocenters. The molecule has 0 bridgehead atoms. The van der Waals surface area contributed by atoms with Crippen molar-refractivity contribution in [3.05, 3.63) is 46.6 Å². The molecule has 0 N–H and O–H groups in total. The SMILES string of the molecule is Cn1c[c]cc1Oc1ccc(Cl)c(Cl)c1. The maximum absolute atomic E-state index is 5.87. The van der Waals surface area contributed by atoms with Gasteiger partial charge in [-0.15, -0.1) is 0 Å². The Kier molecular flexibility index (Phi) is 2.89. The van der Waals surface area contributed by atoms with E-state index in [2.05, 4.69) is 6.07 Å². The molecule has 0 atom stereocenters. The maximum atomic E-state index is 5.87. The van der Waals surface area contributed by atoms with Crippen LogP contribution in [0.25, 0.3) is 0 Å². The van der Waals surface area contributed by atoms with Gasteiger partial charge in [0.1, 0.15) is 5.75 Å². The predicted octanol–water partition coefficient (Wildman–Crippen LogP) is 3.92. The van der Waals surface area contributed by atoms with Gasteiger partial charge in [0.15, 0.2) is 5.88 Å². The van der Waals surface area contributed by atoms with E-state index < -0.39 is 0 Å². The highest BCUT2D eigenvalue weighted by Crippen LogP contribution is 2.29. The standard InChI is InChI=1S/C11H8Cl2NO/c1-14-6-2-3-11(14)15-8-4-5-9(12)10(13)7-8/h3-7H,1H3. The summed E-state index contributed by atoms with van der Waals surface area (Å²) in [6.45, 7) is 0. The highest BCUT2D eigenvalue weighted by Gasteiger charge is 2.03. The second-order valence-corrected chi connectivity index (χ2v) is 3.88. The Morgan fingerprint density at radius 2 is 2.07 bits per heavy atom. The molecule has 77 valence electrons. The van der Waals surface area contributed by atoms with Gasteiger partial charge >= 0.3 is 0 Å². The number of benzene rings is 1. The van der Waals surface area contributed by atoms with Crippen LogP contribution in [-0.4, -0.2) is 4.57 Å². The average molecular weight is 241 g/mol. The van der Waals surface area contributed by atoms with Gasteiger partial charge in [-0.25, -0.2) is 0 Å². The van der Waals surface area contributed by atoms with Crippen LogP contribution in [0.5, 0.6) is 11.6 Å².